The van der Waals surface area contributed by atoms with E-state index in [1.165, 1.54) is 0 Å². The number of rotatable bonds is 6. The molecular formula is C12H27NO2Si. The molecule has 96 valence electrons. The lowest BCUT2D eigenvalue weighted by Crippen LogP contribution is -2.52. The van der Waals surface area contributed by atoms with Crippen molar-refractivity contribution in [2.24, 2.45) is 0 Å². The van der Waals surface area contributed by atoms with Gasteiger partial charge in [0.2, 0.25) is 14.2 Å². The molecule has 0 aliphatic heterocycles. The SMILES string of the molecule is CCC(=O)NO[Si](C(C)C)(C(C)C)C(C)C. The Morgan fingerprint density at radius 2 is 1.44 bits per heavy atom. The molecule has 0 atom stereocenters. The lowest BCUT2D eigenvalue weighted by atomic mass is 10.5. The minimum Gasteiger partial charge on any atom is -0.319 e. The van der Waals surface area contributed by atoms with Gasteiger partial charge in [-0.2, -0.15) is 0 Å². The molecule has 0 aliphatic rings. The first-order valence-electron chi connectivity index (χ1n) is 6.25. The van der Waals surface area contributed by atoms with Crippen LogP contribution in [-0.4, -0.2) is 14.2 Å². The zero-order valence-electron chi connectivity index (χ0n) is 11.8. The van der Waals surface area contributed by atoms with Gasteiger partial charge in [0.1, 0.15) is 0 Å². The summed E-state index contributed by atoms with van der Waals surface area (Å²) in [5, 5.41) is 0. The standard InChI is InChI=1S/C12H27NO2Si/c1-8-12(14)13-15-16(9(2)3,10(4)5)11(6)7/h9-11H,8H2,1-7H3,(H,13,14). The molecule has 0 saturated carbocycles. The molecule has 0 saturated heterocycles. The van der Waals surface area contributed by atoms with Crippen LogP contribution in [-0.2, 0) is 9.32 Å². The molecule has 0 fully saturated rings. The van der Waals surface area contributed by atoms with Gasteiger partial charge in [-0.15, -0.1) is 0 Å². The Balaban J connectivity index is 4.84. The summed E-state index contributed by atoms with van der Waals surface area (Å²) in [5.41, 5.74) is 4.11. The normalized spacial score (nSPS) is 12.6. The minimum atomic E-state index is -1.94. The van der Waals surface area contributed by atoms with E-state index in [2.05, 4.69) is 47.0 Å². The molecule has 1 amide bonds. The van der Waals surface area contributed by atoms with Crippen LogP contribution in [0.5, 0.6) is 0 Å². The molecule has 0 radical (unpaired) electrons. The molecule has 16 heavy (non-hydrogen) atoms. The smallest absolute Gasteiger partial charge is 0.242 e. The predicted octanol–water partition coefficient (Wildman–Crippen LogP) is 3.62. The second kappa shape index (κ2) is 6.40. The van der Waals surface area contributed by atoms with Crippen molar-refractivity contribution in [3.8, 4) is 0 Å². The Morgan fingerprint density at radius 3 is 1.69 bits per heavy atom. The Morgan fingerprint density at radius 1 is 1.06 bits per heavy atom. The van der Waals surface area contributed by atoms with E-state index in [4.69, 9.17) is 4.53 Å². The minimum absolute atomic E-state index is 0.0289. The van der Waals surface area contributed by atoms with Crippen molar-refractivity contribution in [1.29, 1.82) is 0 Å². The van der Waals surface area contributed by atoms with Gasteiger partial charge in [-0.3, -0.25) is 4.79 Å². The van der Waals surface area contributed by atoms with Gasteiger partial charge in [-0.1, -0.05) is 48.5 Å². The molecular weight excluding hydrogens is 218 g/mol. The highest BCUT2D eigenvalue weighted by molar-refractivity contribution is 6.77. The first kappa shape index (κ1) is 15.6. The summed E-state index contributed by atoms with van der Waals surface area (Å²) in [5.74, 6) is -0.0289. The van der Waals surface area contributed by atoms with Crippen LogP contribution < -0.4 is 5.48 Å². The maximum atomic E-state index is 11.3. The monoisotopic (exact) mass is 245 g/mol. The molecule has 0 rings (SSSR count). The molecule has 0 aromatic heterocycles. The summed E-state index contributed by atoms with van der Waals surface area (Å²) in [4.78, 5) is 11.3. The lowest BCUT2D eigenvalue weighted by molar-refractivity contribution is -0.128. The Labute approximate surface area is 101 Å². The van der Waals surface area contributed by atoms with Crippen molar-refractivity contribution in [1.82, 2.24) is 5.48 Å². The molecule has 0 bridgehead atoms. The van der Waals surface area contributed by atoms with Crippen molar-refractivity contribution in [3.05, 3.63) is 0 Å². The molecule has 4 heteroatoms. The van der Waals surface area contributed by atoms with Crippen LogP contribution in [0.2, 0.25) is 16.6 Å². The second-order valence-electron chi connectivity index (χ2n) is 5.30. The average molecular weight is 245 g/mol. The molecule has 3 nitrogen and oxygen atoms in total. The quantitative estimate of drug-likeness (QED) is 0.573. The maximum Gasteiger partial charge on any atom is 0.242 e. The van der Waals surface area contributed by atoms with Crippen molar-refractivity contribution < 1.29 is 9.32 Å². The van der Waals surface area contributed by atoms with Crippen LogP contribution in [0.4, 0.5) is 0 Å². The highest BCUT2D eigenvalue weighted by Crippen LogP contribution is 2.41. The summed E-state index contributed by atoms with van der Waals surface area (Å²) < 4.78 is 5.91. The van der Waals surface area contributed by atoms with Gasteiger partial charge in [0.15, 0.2) is 0 Å². The van der Waals surface area contributed by atoms with Crippen molar-refractivity contribution in [2.75, 3.05) is 0 Å². The van der Waals surface area contributed by atoms with Gasteiger partial charge >= 0.3 is 0 Å². The fourth-order valence-corrected chi connectivity index (χ4v) is 7.57. The highest BCUT2D eigenvalue weighted by atomic mass is 28.4. The van der Waals surface area contributed by atoms with E-state index in [0.717, 1.165) is 0 Å². The molecule has 0 aliphatic carbocycles. The second-order valence-corrected chi connectivity index (χ2v) is 10.7. The van der Waals surface area contributed by atoms with Crippen molar-refractivity contribution in [2.45, 2.75) is 71.5 Å². The van der Waals surface area contributed by atoms with E-state index in [-0.39, 0.29) is 5.91 Å². The van der Waals surface area contributed by atoms with Gasteiger partial charge in [0.05, 0.1) is 0 Å². The fraction of sp³-hybridized carbons (Fsp3) is 0.917. The zero-order valence-corrected chi connectivity index (χ0v) is 12.8. The van der Waals surface area contributed by atoms with E-state index < -0.39 is 8.32 Å². The van der Waals surface area contributed by atoms with E-state index in [0.29, 0.717) is 23.0 Å². The number of hydroxylamine groups is 1. The van der Waals surface area contributed by atoms with E-state index in [1.807, 2.05) is 6.92 Å². The van der Waals surface area contributed by atoms with Crippen LogP contribution in [0.25, 0.3) is 0 Å². The largest absolute Gasteiger partial charge is 0.319 e. The Kier molecular flexibility index (Phi) is 6.26. The van der Waals surface area contributed by atoms with Gasteiger partial charge in [-0.05, 0) is 16.6 Å². The van der Waals surface area contributed by atoms with Gasteiger partial charge < -0.3 is 4.53 Å². The van der Waals surface area contributed by atoms with Gasteiger partial charge in [0, 0.05) is 6.42 Å². The summed E-state index contributed by atoms with van der Waals surface area (Å²) in [6, 6.07) is 0. The highest BCUT2D eigenvalue weighted by Gasteiger charge is 2.46. The average Bonchev–Trinajstić information content (AvgIpc) is 2.16. The number of carbonyl (C=O) groups is 1. The predicted molar refractivity (Wildman–Crippen MR) is 70.6 cm³/mol. The summed E-state index contributed by atoms with van der Waals surface area (Å²) in [6.45, 7) is 15.0. The maximum absolute atomic E-state index is 11.3. The van der Waals surface area contributed by atoms with Crippen molar-refractivity contribution >= 4 is 14.2 Å². The van der Waals surface area contributed by atoms with Crippen LogP contribution in [0.1, 0.15) is 54.9 Å². The number of hydrogen-bond donors (Lipinski definition) is 1. The third-order valence-electron chi connectivity index (χ3n) is 3.37. The first-order chi connectivity index (χ1) is 7.28. The topological polar surface area (TPSA) is 38.3 Å². The number of carbonyl (C=O) groups excluding carboxylic acids is 1. The fourth-order valence-electron chi connectivity index (χ4n) is 2.57. The van der Waals surface area contributed by atoms with Crippen molar-refractivity contribution in [3.63, 3.8) is 0 Å². The molecule has 0 unspecified atom stereocenters. The first-order valence-corrected chi connectivity index (χ1v) is 8.39. The van der Waals surface area contributed by atoms with E-state index in [1.54, 1.807) is 0 Å². The van der Waals surface area contributed by atoms with Crippen LogP contribution in [0.3, 0.4) is 0 Å². The third kappa shape index (κ3) is 3.32. The molecule has 0 heterocycles. The summed E-state index contributed by atoms with van der Waals surface area (Å²) in [7, 11) is -1.94. The van der Waals surface area contributed by atoms with Crippen LogP contribution >= 0.6 is 0 Å². The summed E-state index contributed by atoms with van der Waals surface area (Å²) in [6.07, 6.45) is 0.471. The number of amides is 1. The summed E-state index contributed by atoms with van der Waals surface area (Å²) >= 11 is 0. The third-order valence-corrected chi connectivity index (χ3v) is 9.24. The number of nitrogens with one attached hydrogen (secondary N) is 1. The molecule has 0 aromatic rings. The Hall–Kier alpha value is -0.353. The van der Waals surface area contributed by atoms with Gasteiger partial charge in [-0.25, -0.2) is 5.48 Å². The molecule has 1 N–H and O–H groups in total. The lowest BCUT2D eigenvalue weighted by Gasteiger charge is -2.40. The van der Waals surface area contributed by atoms with E-state index >= 15 is 0 Å². The number of hydrogen-bond acceptors (Lipinski definition) is 2. The van der Waals surface area contributed by atoms with Crippen LogP contribution in [0, 0.1) is 0 Å². The zero-order chi connectivity index (χ0) is 12.9. The molecule has 0 spiro atoms. The van der Waals surface area contributed by atoms with Gasteiger partial charge in [0.25, 0.3) is 0 Å². The van der Waals surface area contributed by atoms with Crippen LogP contribution in [0.15, 0.2) is 0 Å². The Bertz CT molecular complexity index is 205. The van der Waals surface area contributed by atoms with E-state index in [9.17, 15) is 4.79 Å². The molecule has 0 aromatic carbocycles.